The predicted molar refractivity (Wildman–Crippen MR) is 136 cm³/mol. The van der Waals surface area contributed by atoms with Crippen LogP contribution in [0.4, 0.5) is 4.79 Å². The van der Waals surface area contributed by atoms with Crippen LogP contribution in [0.15, 0.2) is 65.7 Å². The van der Waals surface area contributed by atoms with Gasteiger partial charge in [-0.1, -0.05) is 60.7 Å². The van der Waals surface area contributed by atoms with Gasteiger partial charge in [-0.05, 0) is 24.0 Å². The predicted octanol–water partition coefficient (Wildman–Crippen LogP) is 0.263. The summed E-state index contributed by atoms with van der Waals surface area (Å²) in [7, 11) is 0. The molecule has 8 N–H and O–H groups in total. The average Bonchev–Trinajstić information content (AvgIpc) is 2.88. The zero-order valence-corrected chi connectivity index (χ0v) is 20.3. The van der Waals surface area contributed by atoms with Crippen LogP contribution in [0.1, 0.15) is 24.0 Å². The van der Waals surface area contributed by atoms with Crippen molar-refractivity contribution in [2.24, 2.45) is 16.5 Å². The van der Waals surface area contributed by atoms with E-state index in [1.165, 1.54) is 0 Å². The lowest BCUT2D eigenvalue weighted by molar-refractivity contribution is -0.142. The van der Waals surface area contributed by atoms with E-state index in [1.807, 2.05) is 6.07 Å². The highest BCUT2D eigenvalue weighted by Gasteiger charge is 2.26. The number of aliphatic imine (C=N–C) groups is 1. The number of hydrogen-bond acceptors (Lipinski definition) is 6. The number of carboxylic acids is 1. The first-order chi connectivity index (χ1) is 17.7. The van der Waals surface area contributed by atoms with Crippen LogP contribution in [0.2, 0.25) is 0 Å². The second-order valence-electron chi connectivity index (χ2n) is 8.07. The van der Waals surface area contributed by atoms with Crippen molar-refractivity contribution < 1.29 is 29.0 Å². The second-order valence-corrected chi connectivity index (χ2v) is 8.07. The fraction of sp³-hybridized carbons (Fsp3) is 0.320. The smallest absolute Gasteiger partial charge is 0.407 e. The van der Waals surface area contributed by atoms with E-state index in [2.05, 4.69) is 20.9 Å². The maximum absolute atomic E-state index is 13.0. The topological polar surface area (TPSA) is 198 Å². The van der Waals surface area contributed by atoms with Gasteiger partial charge >= 0.3 is 12.1 Å². The summed E-state index contributed by atoms with van der Waals surface area (Å²) in [5, 5.41) is 16.9. The van der Waals surface area contributed by atoms with Gasteiger partial charge in [0.1, 0.15) is 25.2 Å². The van der Waals surface area contributed by atoms with E-state index in [1.54, 1.807) is 54.6 Å². The number of ether oxygens (including phenoxy) is 1. The maximum Gasteiger partial charge on any atom is 0.407 e. The minimum atomic E-state index is -1.23. The molecule has 0 aliphatic carbocycles. The molecule has 0 fully saturated rings. The molecule has 0 bridgehead atoms. The van der Waals surface area contributed by atoms with Crippen LogP contribution in [0.25, 0.3) is 0 Å². The number of hydrogen-bond donors (Lipinski definition) is 6. The number of carbonyl (C=O) groups is 4. The van der Waals surface area contributed by atoms with Crippen molar-refractivity contribution in [1.29, 1.82) is 0 Å². The van der Waals surface area contributed by atoms with Crippen molar-refractivity contribution in [2.75, 3.05) is 13.1 Å². The molecule has 3 amide bonds. The van der Waals surface area contributed by atoms with Gasteiger partial charge in [-0.15, -0.1) is 0 Å². The molecule has 0 aliphatic rings. The van der Waals surface area contributed by atoms with E-state index in [9.17, 15) is 24.3 Å². The number of rotatable bonds is 14. The molecule has 0 saturated heterocycles. The minimum absolute atomic E-state index is 0.0348. The summed E-state index contributed by atoms with van der Waals surface area (Å²) in [6.45, 7) is -0.196. The highest BCUT2D eigenvalue weighted by atomic mass is 16.5. The third-order valence-electron chi connectivity index (χ3n) is 5.10. The van der Waals surface area contributed by atoms with Gasteiger partial charge in [0, 0.05) is 13.0 Å². The summed E-state index contributed by atoms with van der Waals surface area (Å²) < 4.78 is 5.07. The van der Waals surface area contributed by atoms with Gasteiger partial charge in [0.15, 0.2) is 5.96 Å². The molecule has 2 aromatic rings. The molecule has 0 saturated carbocycles. The molecule has 37 heavy (non-hydrogen) atoms. The number of benzene rings is 2. The Morgan fingerprint density at radius 3 is 2.11 bits per heavy atom. The zero-order chi connectivity index (χ0) is 27.0. The van der Waals surface area contributed by atoms with Crippen LogP contribution >= 0.6 is 0 Å². The molecular formula is C25H32N6O6. The van der Waals surface area contributed by atoms with Crippen molar-refractivity contribution in [3.8, 4) is 0 Å². The molecule has 0 spiro atoms. The molecule has 198 valence electrons. The molecule has 0 heterocycles. The lowest BCUT2D eigenvalue weighted by atomic mass is 10.0. The summed E-state index contributed by atoms with van der Waals surface area (Å²) in [4.78, 5) is 52.9. The Balaban J connectivity index is 1.95. The minimum Gasteiger partial charge on any atom is -0.480 e. The van der Waals surface area contributed by atoms with Crippen molar-refractivity contribution in [3.63, 3.8) is 0 Å². The standard InChI is InChI=1S/C25H32N6O6/c26-24(27)28-13-7-12-19(23(34)35)31-22(33)20(14-17-8-3-1-4-9-17)30-21(32)15-29-25(36)37-16-18-10-5-2-6-11-18/h1-6,8-11,19-20H,7,12-16H2,(H,29,36)(H,30,32)(H,31,33)(H,34,35)(H4,26,27,28). The first kappa shape index (κ1) is 28.6. The van der Waals surface area contributed by atoms with Crippen LogP contribution in [-0.2, 0) is 32.1 Å². The van der Waals surface area contributed by atoms with Crippen LogP contribution in [0, 0.1) is 0 Å². The largest absolute Gasteiger partial charge is 0.480 e. The molecule has 12 heteroatoms. The Hall–Kier alpha value is -4.61. The second kappa shape index (κ2) is 15.4. The summed E-state index contributed by atoms with van der Waals surface area (Å²) >= 11 is 0. The van der Waals surface area contributed by atoms with E-state index < -0.39 is 42.5 Å². The molecule has 0 radical (unpaired) electrons. The summed E-state index contributed by atoms with van der Waals surface area (Å²) in [6, 6.07) is 15.6. The number of nitrogens with two attached hydrogens (primary N) is 2. The summed E-state index contributed by atoms with van der Waals surface area (Å²) in [5.41, 5.74) is 12.1. The molecule has 2 rings (SSSR count). The Labute approximate surface area is 214 Å². The van der Waals surface area contributed by atoms with Crippen LogP contribution in [0.3, 0.4) is 0 Å². The van der Waals surface area contributed by atoms with Crippen molar-refractivity contribution >= 4 is 29.8 Å². The lowest BCUT2D eigenvalue weighted by Crippen LogP contribution is -2.54. The van der Waals surface area contributed by atoms with Crippen molar-refractivity contribution in [3.05, 3.63) is 71.8 Å². The Kier molecular flexibility index (Phi) is 11.9. The van der Waals surface area contributed by atoms with Gasteiger partial charge in [-0.3, -0.25) is 14.6 Å². The van der Waals surface area contributed by atoms with E-state index in [-0.39, 0.29) is 32.0 Å². The average molecular weight is 513 g/mol. The number of nitrogens with zero attached hydrogens (tertiary/aromatic N) is 1. The van der Waals surface area contributed by atoms with E-state index in [0.717, 1.165) is 11.1 Å². The number of carboxylic acid groups (broad SMARTS) is 1. The van der Waals surface area contributed by atoms with Crippen molar-refractivity contribution in [1.82, 2.24) is 16.0 Å². The number of nitrogens with one attached hydrogen (secondary N) is 3. The Morgan fingerprint density at radius 2 is 1.51 bits per heavy atom. The summed E-state index contributed by atoms with van der Waals surface area (Å²) in [6.07, 6.45) is -0.287. The quantitative estimate of drug-likeness (QED) is 0.118. The molecule has 2 unspecified atom stereocenters. The number of guanidine groups is 1. The Bertz CT molecular complexity index is 1060. The first-order valence-corrected chi connectivity index (χ1v) is 11.6. The number of alkyl carbamates (subject to hydrolysis) is 1. The van der Waals surface area contributed by atoms with Gasteiger partial charge < -0.3 is 37.3 Å². The SMILES string of the molecule is NC(N)=NCCCC(NC(=O)C(Cc1ccccc1)NC(=O)CNC(=O)OCc1ccccc1)C(=O)O. The van der Waals surface area contributed by atoms with Gasteiger partial charge in [0.25, 0.3) is 0 Å². The van der Waals surface area contributed by atoms with Crippen LogP contribution < -0.4 is 27.4 Å². The number of amides is 3. The number of aliphatic carboxylic acids is 1. The molecule has 0 aromatic heterocycles. The normalized spacial score (nSPS) is 11.9. The molecule has 2 aromatic carbocycles. The van der Waals surface area contributed by atoms with Crippen LogP contribution in [-0.4, -0.2) is 60.1 Å². The molecule has 2 atom stereocenters. The highest BCUT2D eigenvalue weighted by Crippen LogP contribution is 2.06. The Morgan fingerprint density at radius 1 is 0.892 bits per heavy atom. The van der Waals surface area contributed by atoms with Gasteiger partial charge in [-0.25, -0.2) is 9.59 Å². The molecular weight excluding hydrogens is 480 g/mol. The molecule has 0 aliphatic heterocycles. The van der Waals surface area contributed by atoms with Crippen LogP contribution in [0.5, 0.6) is 0 Å². The first-order valence-electron chi connectivity index (χ1n) is 11.6. The third-order valence-corrected chi connectivity index (χ3v) is 5.10. The molecule has 12 nitrogen and oxygen atoms in total. The number of carbonyl (C=O) groups excluding carboxylic acids is 3. The lowest BCUT2D eigenvalue weighted by Gasteiger charge is -2.22. The zero-order valence-electron chi connectivity index (χ0n) is 20.3. The monoisotopic (exact) mass is 512 g/mol. The maximum atomic E-state index is 13.0. The van der Waals surface area contributed by atoms with Gasteiger partial charge in [-0.2, -0.15) is 0 Å². The summed E-state index contributed by atoms with van der Waals surface area (Å²) in [5.74, 6) is -2.67. The third kappa shape index (κ3) is 11.6. The van der Waals surface area contributed by atoms with Crippen molar-refractivity contribution in [2.45, 2.75) is 38.0 Å². The van der Waals surface area contributed by atoms with Gasteiger partial charge in [0.2, 0.25) is 11.8 Å². The van der Waals surface area contributed by atoms with E-state index in [0.29, 0.717) is 6.42 Å². The van der Waals surface area contributed by atoms with E-state index >= 15 is 0 Å². The fourth-order valence-corrected chi connectivity index (χ4v) is 3.26. The fourth-order valence-electron chi connectivity index (χ4n) is 3.26. The highest BCUT2D eigenvalue weighted by molar-refractivity contribution is 5.91. The van der Waals surface area contributed by atoms with Gasteiger partial charge in [0.05, 0.1) is 0 Å². The van der Waals surface area contributed by atoms with E-state index in [4.69, 9.17) is 16.2 Å².